The lowest BCUT2D eigenvalue weighted by atomic mass is 10.2. The summed E-state index contributed by atoms with van der Waals surface area (Å²) in [6.07, 6.45) is 2.50. The molecule has 1 aromatic heterocycles. The summed E-state index contributed by atoms with van der Waals surface area (Å²) in [6, 6.07) is 1.28. The summed E-state index contributed by atoms with van der Waals surface area (Å²) in [5.41, 5.74) is 0. The molecule has 0 radical (unpaired) electrons. The molecular weight excluding hydrogens is 244 g/mol. The molecule has 1 saturated carbocycles. The van der Waals surface area contributed by atoms with Gasteiger partial charge in [0.25, 0.3) is 0 Å². The molecule has 0 bridgehead atoms. The van der Waals surface area contributed by atoms with E-state index in [-0.39, 0.29) is 0 Å². The maximum absolute atomic E-state index is 5.28. The Kier molecular flexibility index (Phi) is 4.22. The lowest BCUT2D eigenvalue weighted by Crippen LogP contribution is -3.18. The van der Waals surface area contributed by atoms with E-state index < -0.39 is 0 Å². The van der Waals surface area contributed by atoms with E-state index >= 15 is 0 Å². The van der Waals surface area contributed by atoms with E-state index in [1.165, 1.54) is 12.8 Å². The number of rotatable bonds is 6. The van der Waals surface area contributed by atoms with Gasteiger partial charge in [-0.3, -0.25) is 0 Å². The van der Waals surface area contributed by atoms with Crippen LogP contribution in [0.2, 0.25) is 0 Å². The maximum atomic E-state index is 5.28. The van der Waals surface area contributed by atoms with Crippen molar-refractivity contribution in [3.63, 3.8) is 0 Å². The van der Waals surface area contributed by atoms with E-state index in [0.29, 0.717) is 23.2 Å². The van der Waals surface area contributed by atoms with Crippen LogP contribution in [-0.4, -0.2) is 33.4 Å². The Balaban J connectivity index is 2.02. The van der Waals surface area contributed by atoms with Crippen molar-refractivity contribution in [2.45, 2.75) is 70.2 Å². The van der Waals surface area contributed by atoms with Crippen molar-refractivity contribution < 1.29 is 4.90 Å². The summed E-state index contributed by atoms with van der Waals surface area (Å²) in [6.45, 7) is 11.1. The first-order valence-electron chi connectivity index (χ1n) is 6.96. The zero-order valence-electron chi connectivity index (χ0n) is 11.8. The van der Waals surface area contributed by atoms with Gasteiger partial charge in [0.1, 0.15) is 5.82 Å². The number of hydrogen-bond acceptors (Lipinski definition) is 3. The standard InChI is InChI=1S/C13H24N4S/c1-9(2)16(10(3)4)7-8-17-12(11-5-6-11)14-15-13(17)18/h9-11H,5-8H2,1-4H3,(H,15,18). The van der Waals surface area contributed by atoms with E-state index in [2.05, 4.69) is 42.5 Å². The number of hydrogen-bond donors (Lipinski definition) is 1. The molecule has 4 nitrogen and oxygen atoms in total. The maximum Gasteiger partial charge on any atom is 0.134 e. The van der Waals surface area contributed by atoms with Gasteiger partial charge in [0.2, 0.25) is 0 Å². The second-order valence-corrected chi connectivity index (χ2v) is 6.27. The van der Waals surface area contributed by atoms with Crippen LogP contribution in [0.4, 0.5) is 0 Å². The van der Waals surface area contributed by atoms with Crippen molar-refractivity contribution >= 4 is 12.6 Å². The average Bonchev–Trinajstić information content (AvgIpc) is 3.05. The molecule has 1 aliphatic rings. The minimum atomic E-state index is 0.621. The summed E-state index contributed by atoms with van der Waals surface area (Å²) >= 11 is 5.28. The molecule has 1 N–H and O–H groups in total. The number of nitrogens with zero attached hydrogens (tertiary/aromatic N) is 3. The van der Waals surface area contributed by atoms with Crippen LogP contribution in [0.3, 0.4) is 0 Å². The van der Waals surface area contributed by atoms with E-state index in [1.54, 1.807) is 4.90 Å². The fourth-order valence-electron chi connectivity index (χ4n) is 2.64. The summed E-state index contributed by atoms with van der Waals surface area (Å²) in [5, 5.41) is 8.97. The normalized spacial score (nSPS) is 16.2. The van der Waals surface area contributed by atoms with E-state index in [4.69, 9.17) is 12.6 Å². The third kappa shape index (κ3) is 3.01. The highest BCUT2D eigenvalue weighted by Gasteiger charge is 2.29. The SMILES string of the molecule is CC(C)[NH+](CCn1c([S-])nnc1C1CC1)C(C)C. The van der Waals surface area contributed by atoms with Crippen molar-refractivity contribution in [2.75, 3.05) is 6.54 Å². The highest BCUT2D eigenvalue weighted by Crippen LogP contribution is 2.39. The summed E-state index contributed by atoms with van der Waals surface area (Å²) in [5.74, 6) is 1.74. The van der Waals surface area contributed by atoms with Crippen molar-refractivity contribution in [1.82, 2.24) is 14.8 Å². The van der Waals surface area contributed by atoms with Gasteiger partial charge in [-0.1, -0.05) is 0 Å². The van der Waals surface area contributed by atoms with Crippen LogP contribution in [0, 0.1) is 0 Å². The van der Waals surface area contributed by atoms with E-state index in [1.807, 2.05) is 0 Å². The van der Waals surface area contributed by atoms with Gasteiger partial charge < -0.3 is 22.1 Å². The van der Waals surface area contributed by atoms with E-state index in [0.717, 1.165) is 18.9 Å². The second kappa shape index (κ2) is 5.53. The zero-order chi connectivity index (χ0) is 13.3. The van der Waals surface area contributed by atoms with Gasteiger partial charge >= 0.3 is 0 Å². The molecule has 0 unspecified atom stereocenters. The Morgan fingerprint density at radius 3 is 2.33 bits per heavy atom. The average molecular weight is 268 g/mol. The first kappa shape index (κ1) is 13.7. The predicted molar refractivity (Wildman–Crippen MR) is 73.7 cm³/mol. The molecule has 0 aromatic carbocycles. The van der Waals surface area contributed by atoms with E-state index in [9.17, 15) is 0 Å². The lowest BCUT2D eigenvalue weighted by molar-refractivity contribution is -0.942. The Hall–Kier alpha value is -0.680. The molecule has 1 heterocycles. The molecule has 0 saturated heterocycles. The molecule has 102 valence electrons. The fraction of sp³-hybridized carbons (Fsp3) is 0.846. The summed E-state index contributed by atoms with van der Waals surface area (Å²) in [4.78, 5) is 1.61. The van der Waals surface area contributed by atoms with Gasteiger partial charge in [0, 0.05) is 11.1 Å². The number of aromatic nitrogens is 3. The van der Waals surface area contributed by atoms with Crippen LogP contribution in [-0.2, 0) is 19.2 Å². The molecule has 2 rings (SSSR count). The molecule has 0 aliphatic heterocycles. The van der Waals surface area contributed by atoms with Crippen LogP contribution in [0.15, 0.2) is 5.16 Å². The quantitative estimate of drug-likeness (QED) is 0.774. The molecular formula is C13H24N4S. The monoisotopic (exact) mass is 268 g/mol. The van der Waals surface area contributed by atoms with Crippen molar-refractivity contribution in [3.8, 4) is 0 Å². The van der Waals surface area contributed by atoms with Crippen LogP contribution in [0.25, 0.3) is 0 Å². The van der Waals surface area contributed by atoms with Crippen LogP contribution in [0.5, 0.6) is 0 Å². The minimum absolute atomic E-state index is 0.621. The molecule has 0 amide bonds. The summed E-state index contributed by atoms with van der Waals surface area (Å²) in [7, 11) is 0. The first-order chi connectivity index (χ1) is 8.50. The van der Waals surface area contributed by atoms with Gasteiger partial charge in [0.15, 0.2) is 0 Å². The van der Waals surface area contributed by atoms with Crippen molar-refractivity contribution in [2.24, 2.45) is 0 Å². The van der Waals surface area contributed by atoms with Gasteiger partial charge in [-0.15, -0.1) is 5.10 Å². The lowest BCUT2D eigenvalue weighted by Gasteiger charge is -2.28. The van der Waals surface area contributed by atoms with Gasteiger partial charge in [-0.2, -0.15) is 5.10 Å². The number of nitrogens with one attached hydrogen (secondary N) is 1. The third-order valence-electron chi connectivity index (χ3n) is 3.80. The first-order valence-corrected chi connectivity index (χ1v) is 7.37. The summed E-state index contributed by atoms with van der Waals surface area (Å²) < 4.78 is 2.15. The largest absolute Gasteiger partial charge is 0.740 e. The topological polar surface area (TPSA) is 35.2 Å². The highest BCUT2D eigenvalue weighted by molar-refractivity contribution is 7.58. The highest BCUT2D eigenvalue weighted by atomic mass is 32.1. The fourth-order valence-corrected chi connectivity index (χ4v) is 2.86. The van der Waals surface area contributed by atoms with Crippen LogP contribution in [0.1, 0.15) is 52.3 Å². The molecule has 1 fully saturated rings. The Morgan fingerprint density at radius 2 is 1.83 bits per heavy atom. The van der Waals surface area contributed by atoms with Crippen LogP contribution < -0.4 is 4.90 Å². The molecule has 1 aliphatic carbocycles. The second-order valence-electron chi connectivity index (χ2n) is 5.90. The Bertz CT molecular complexity index is 388. The van der Waals surface area contributed by atoms with Crippen LogP contribution >= 0.6 is 0 Å². The molecule has 0 spiro atoms. The van der Waals surface area contributed by atoms with Crippen molar-refractivity contribution in [3.05, 3.63) is 5.82 Å². The molecule has 18 heavy (non-hydrogen) atoms. The Labute approximate surface area is 115 Å². The minimum Gasteiger partial charge on any atom is -0.740 e. The molecule has 1 aromatic rings. The van der Waals surface area contributed by atoms with Crippen molar-refractivity contribution in [1.29, 1.82) is 0 Å². The van der Waals surface area contributed by atoms with Gasteiger partial charge in [-0.25, -0.2) is 0 Å². The predicted octanol–water partition coefficient (Wildman–Crippen LogP) is 0.763. The molecule has 5 heteroatoms. The zero-order valence-corrected chi connectivity index (χ0v) is 12.6. The smallest absolute Gasteiger partial charge is 0.134 e. The molecule has 0 atom stereocenters. The number of quaternary nitrogens is 1. The third-order valence-corrected chi connectivity index (χ3v) is 4.10. The van der Waals surface area contributed by atoms with Gasteiger partial charge in [0.05, 0.1) is 25.2 Å². The Morgan fingerprint density at radius 1 is 1.22 bits per heavy atom. The van der Waals surface area contributed by atoms with Gasteiger partial charge in [-0.05, 0) is 40.5 Å².